The van der Waals surface area contributed by atoms with Crippen molar-refractivity contribution >= 4 is 11.9 Å². The average molecular weight is 723 g/mol. The number of methoxy groups -OCH3 is 2. The van der Waals surface area contributed by atoms with Crippen molar-refractivity contribution in [1.82, 2.24) is 9.80 Å². The van der Waals surface area contributed by atoms with Crippen molar-refractivity contribution in [2.75, 3.05) is 60.2 Å². The van der Waals surface area contributed by atoms with Crippen LogP contribution in [0.25, 0.3) is 0 Å². The van der Waals surface area contributed by atoms with E-state index in [2.05, 4.69) is 18.7 Å². The van der Waals surface area contributed by atoms with Gasteiger partial charge in [-0.2, -0.15) is 0 Å². The summed E-state index contributed by atoms with van der Waals surface area (Å²) in [7, 11) is 3.24. The van der Waals surface area contributed by atoms with Gasteiger partial charge in [0.05, 0.1) is 39.5 Å². The fourth-order valence-electron chi connectivity index (χ4n) is 8.20. The largest absolute Gasteiger partial charge is 0.493 e. The van der Waals surface area contributed by atoms with Crippen LogP contribution in [0, 0.1) is 17.8 Å². The number of likely N-dealkylation sites (tertiary alicyclic amines) is 1. The molecule has 4 atom stereocenters. The molecule has 1 saturated carbocycles. The number of ether oxygens (including phenoxy) is 5. The van der Waals surface area contributed by atoms with Crippen molar-refractivity contribution in [2.24, 2.45) is 17.8 Å². The molecule has 0 bridgehead atoms. The van der Waals surface area contributed by atoms with Crippen LogP contribution in [0.2, 0.25) is 0 Å². The molecule has 2 aliphatic heterocycles. The van der Waals surface area contributed by atoms with Gasteiger partial charge < -0.3 is 33.7 Å². The summed E-state index contributed by atoms with van der Waals surface area (Å²) < 4.78 is 29.1. The van der Waals surface area contributed by atoms with Gasteiger partial charge in [0, 0.05) is 26.2 Å². The lowest BCUT2D eigenvalue weighted by molar-refractivity contribution is -0.165. The number of hydrogen-bond acceptors (Lipinski definition) is 9. The number of piperidine rings is 1. The Bertz CT molecular complexity index is 1410. The molecule has 2 aromatic carbocycles. The van der Waals surface area contributed by atoms with E-state index in [4.69, 9.17) is 23.7 Å². The van der Waals surface area contributed by atoms with E-state index in [-0.39, 0.29) is 23.7 Å². The first-order valence-electron chi connectivity index (χ1n) is 19.7. The number of rotatable bonds is 17. The quantitative estimate of drug-likeness (QED) is 0.181. The van der Waals surface area contributed by atoms with E-state index in [1.807, 2.05) is 42.5 Å². The number of carbonyl (C=O) groups is 2. The Kier molecular flexibility index (Phi) is 15.5. The van der Waals surface area contributed by atoms with Gasteiger partial charge in [-0.1, -0.05) is 51.3 Å². The standard InChI is InChI=1S/C42H62N2O8/c1-30(2)27-36(45)40(32-11-6-5-7-12-32)41(46)44-20-9-8-15-35(44)42(47)52-37(18-16-31-17-19-38(48-3)39(28-31)49-4)33-13-10-14-34(29-33)51-26-23-43-21-24-50-25-22-43/h10,13-14,17,19,28-30,32,35-37,40,45H,5-9,11-12,15-16,18,20-27H2,1-4H3/t35?,36-,37?,40+/m1/s1. The molecular formula is C42H62N2O8. The molecule has 2 unspecified atom stereocenters. The van der Waals surface area contributed by atoms with E-state index in [1.165, 1.54) is 6.42 Å². The highest BCUT2D eigenvalue weighted by Crippen LogP contribution is 2.37. The summed E-state index contributed by atoms with van der Waals surface area (Å²) in [6, 6.07) is 13.0. The van der Waals surface area contributed by atoms with Gasteiger partial charge in [-0.25, -0.2) is 4.79 Å². The topological polar surface area (TPSA) is 107 Å². The highest BCUT2D eigenvalue weighted by molar-refractivity contribution is 5.86. The molecule has 0 radical (unpaired) electrons. The second-order valence-corrected chi connectivity index (χ2v) is 15.2. The van der Waals surface area contributed by atoms with E-state index in [9.17, 15) is 14.7 Å². The fraction of sp³-hybridized carbons (Fsp3) is 0.667. The minimum absolute atomic E-state index is 0.0840. The Labute approximate surface area is 311 Å². The zero-order chi connectivity index (χ0) is 36.9. The summed E-state index contributed by atoms with van der Waals surface area (Å²) in [5, 5.41) is 11.5. The number of hydrogen-bond donors (Lipinski definition) is 1. The third-order valence-corrected chi connectivity index (χ3v) is 11.0. The molecule has 1 aliphatic carbocycles. The number of benzene rings is 2. The van der Waals surface area contributed by atoms with Crippen LogP contribution in [-0.4, -0.2) is 99.1 Å². The van der Waals surface area contributed by atoms with Crippen molar-refractivity contribution in [3.63, 3.8) is 0 Å². The Morgan fingerprint density at radius 1 is 0.904 bits per heavy atom. The van der Waals surface area contributed by atoms with Crippen LogP contribution in [0.15, 0.2) is 42.5 Å². The van der Waals surface area contributed by atoms with E-state index in [1.54, 1.807) is 19.1 Å². The molecule has 0 spiro atoms. The molecule has 1 amide bonds. The zero-order valence-electron chi connectivity index (χ0n) is 31.9. The SMILES string of the molecule is COc1ccc(CCC(OC(=O)C2CCCCN2C(=O)[C@@H](C2CCCCC2)[C@H](O)CC(C)C)c2cccc(OCCN3CCOCC3)c2)cc1OC. The number of carbonyl (C=O) groups excluding carboxylic acids is 2. The molecule has 288 valence electrons. The van der Waals surface area contributed by atoms with E-state index >= 15 is 0 Å². The van der Waals surface area contributed by atoms with E-state index < -0.39 is 24.2 Å². The molecule has 2 heterocycles. The van der Waals surface area contributed by atoms with Crippen LogP contribution in [0.5, 0.6) is 17.2 Å². The molecular weight excluding hydrogens is 660 g/mol. The van der Waals surface area contributed by atoms with Gasteiger partial charge in [0.15, 0.2) is 11.5 Å². The number of nitrogens with zero attached hydrogens (tertiary/aromatic N) is 2. The smallest absolute Gasteiger partial charge is 0.329 e. The van der Waals surface area contributed by atoms with Crippen LogP contribution in [0.3, 0.4) is 0 Å². The number of amides is 1. The Morgan fingerprint density at radius 2 is 1.65 bits per heavy atom. The lowest BCUT2D eigenvalue weighted by Gasteiger charge is -2.41. The number of aryl methyl sites for hydroxylation is 1. The highest BCUT2D eigenvalue weighted by atomic mass is 16.5. The van der Waals surface area contributed by atoms with Crippen LogP contribution in [0.1, 0.15) is 95.3 Å². The first-order valence-corrected chi connectivity index (χ1v) is 19.7. The van der Waals surface area contributed by atoms with Gasteiger partial charge in [0.25, 0.3) is 0 Å². The molecule has 5 rings (SSSR count). The first kappa shape index (κ1) is 39.9. The summed E-state index contributed by atoms with van der Waals surface area (Å²) in [5.41, 5.74) is 1.87. The van der Waals surface area contributed by atoms with Crippen LogP contribution >= 0.6 is 0 Å². The monoisotopic (exact) mass is 722 g/mol. The normalized spacial score (nSPS) is 20.6. The van der Waals surface area contributed by atoms with E-state index in [0.29, 0.717) is 50.3 Å². The summed E-state index contributed by atoms with van der Waals surface area (Å²) in [5.74, 6) is 1.46. The number of aliphatic hydroxyl groups excluding tert-OH is 1. The van der Waals surface area contributed by atoms with Crippen LogP contribution in [0.4, 0.5) is 0 Å². The molecule has 2 aromatic rings. The van der Waals surface area contributed by atoms with Crippen molar-refractivity contribution in [3.8, 4) is 17.2 Å². The van der Waals surface area contributed by atoms with Gasteiger partial charge in [0.2, 0.25) is 5.91 Å². The van der Waals surface area contributed by atoms with Crippen LogP contribution in [-0.2, 0) is 25.5 Å². The maximum atomic E-state index is 14.5. The maximum Gasteiger partial charge on any atom is 0.329 e. The fourth-order valence-corrected chi connectivity index (χ4v) is 8.20. The van der Waals surface area contributed by atoms with Gasteiger partial charge in [-0.15, -0.1) is 0 Å². The van der Waals surface area contributed by atoms with Gasteiger partial charge >= 0.3 is 5.97 Å². The van der Waals surface area contributed by atoms with Crippen molar-refractivity contribution in [3.05, 3.63) is 53.6 Å². The minimum atomic E-state index is -0.727. The molecule has 10 nitrogen and oxygen atoms in total. The van der Waals surface area contributed by atoms with Gasteiger partial charge in [-0.05, 0) is 98.6 Å². The number of morpholine rings is 1. The summed E-state index contributed by atoms with van der Waals surface area (Å²) in [4.78, 5) is 32.9. The molecule has 10 heteroatoms. The third-order valence-electron chi connectivity index (χ3n) is 11.0. The lowest BCUT2D eigenvalue weighted by Crippen LogP contribution is -2.54. The minimum Gasteiger partial charge on any atom is -0.493 e. The van der Waals surface area contributed by atoms with Gasteiger partial charge in [0.1, 0.15) is 24.5 Å². The molecule has 3 aliphatic rings. The molecule has 0 aromatic heterocycles. The molecule has 52 heavy (non-hydrogen) atoms. The highest BCUT2D eigenvalue weighted by Gasteiger charge is 2.43. The Hall–Kier alpha value is -3.34. The Balaban J connectivity index is 1.35. The van der Waals surface area contributed by atoms with Gasteiger partial charge in [-0.3, -0.25) is 9.69 Å². The third kappa shape index (κ3) is 11.1. The first-order chi connectivity index (χ1) is 25.3. The Morgan fingerprint density at radius 3 is 2.38 bits per heavy atom. The molecule has 2 saturated heterocycles. The molecule has 1 N–H and O–H groups in total. The summed E-state index contributed by atoms with van der Waals surface area (Å²) in [6.45, 7) is 9.30. The summed E-state index contributed by atoms with van der Waals surface area (Å²) in [6.07, 6.45) is 7.85. The second-order valence-electron chi connectivity index (χ2n) is 15.2. The van der Waals surface area contributed by atoms with E-state index in [0.717, 1.165) is 88.2 Å². The lowest BCUT2D eigenvalue weighted by atomic mass is 9.75. The number of esters is 1. The maximum absolute atomic E-state index is 14.5. The van der Waals surface area contributed by atoms with Crippen LogP contribution < -0.4 is 14.2 Å². The van der Waals surface area contributed by atoms with Crippen molar-refractivity contribution in [2.45, 2.75) is 103 Å². The predicted molar refractivity (Wildman–Crippen MR) is 201 cm³/mol. The second kappa shape index (κ2) is 20.2. The zero-order valence-corrected chi connectivity index (χ0v) is 31.9. The summed E-state index contributed by atoms with van der Waals surface area (Å²) >= 11 is 0. The molecule has 3 fully saturated rings. The van der Waals surface area contributed by atoms with Crippen molar-refractivity contribution in [1.29, 1.82) is 0 Å². The predicted octanol–water partition coefficient (Wildman–Crippen LogP) is 6.62. The number of aliphatic hydroxyl groups is 1. The average Bonchev–Trinajstić information content (AvgIpc) is 3.17. The van der Waals surface area contributed by atoms with Crippen molar-refractivity contribution < 1.29 is 38.4 Å².